The van der Waals surface area contributed by atoms with Crippen LogP contribution in [0.5, 0.6) is 0 Å². The van der Waals surface area contributed by atoms with Crippen LogP contribution in [0.1, 0.15) is 50.0 Å². The lowest BCUT2D eigenvalue weighted by atomic mass is 9.76. The third kappa shape index (κ3) is 4.19. The van der Waals surface area contributed by atoms with E-state index in [1.807, 2.05) is 18.6 Å². The highest BCUT2D eigenvalue weighted by Gasteiger charge is 2.35. The van der Waals surface area contributed by atoms with Gasteiger partial charge in [-0.25, -0.2) is 10.1 Å². The summed E-state index contributed by atoms with van der Waals surface area (Å²) in [5, 5.41) is 13.8. The van der Waals surface area contributed by atoms with E-state index in [4.69, 9.17) is 5.73 Å². The van der Waals surface area contributed by atoms with Crippen molar-refractivity contribution in [3.63, 3.8) is 0 Å². The Kier molecular flexibility index (Phi) is 6.01. The molecule has 173 valence electrons. The van der Waals surface area contributed by atoms with Gasteiger partial charge in [0.2, 0.25) is 11.8 Å². The molecule has 4 heterocycles. The second-order valence-corrected chi connectivity index (χ2v) is 9.64. The molecule has 8 nitrogen and oxygen atoms in total. The SMILES string of the molecule is NC(=O)C1CCN(C(=O)CC2CCC(c3ccnc4cnc5[nH]ccc5c34)CC2)CC1C[O]. The van der Waals surface area contributed by atoms with Crippen LogP contribution in [0.25, 0.3) is 21.9 Å². The standard InChI is InChI=1S/C25H30N5O3/c26-24(33)19-7-10-30(13-17(19)14-31)22(32)11-15-1-3-16(4-2-15)18-5-8-27-21-12-29-25-20(23(18)21)6-9-28-25/h5-6,8-9,12,15-17,19H,1-4,7,10-11,13-14H2,(H2,26,33)(H,28,29). The fourth-order valence-electron chi connectivity index (χ4n) is 5.88. The van der Waals surface area contributed by atoms with Crippen LogP contribution in [-0.4, -0.2) is 51.4 Å². The zero-order valence-electron chi connectivity index (χ0n) is 18.7. The lowest BCUT2D eigenvalue weighted by Gasteiger charge is -2.37. The van der Waals surface area contributed by atoms with E-state index in [0.29, 0.717) is 37.8 Å². The number of pyridine rings is 2. The highest BCUT2D eigenvalue weighted by molar-refractivity contribution is 6.05. The molecular weight excluding hydrogens is 418 g/mol. The number of nitrogens with one attached hydrogen (secondary N) is 1. The minimum atomic E-state index is -0.419. The molecule has 0 aromatic carbocycles. The number of piperidine rings is 1. The van der Waals surface area contributed by atoms with Gasteiger partial charge in [-0.1, -0.05) is 0 Å². The van der Waals surface area contributed by atoms with Crippen molar-refractivity contribution >= 4 is 33.8 Å². The lowest BCUT2D eigenvalue weighted by molar-refractivity contribution is -0.139. The minimum absolute atomic E-state index is 0.106. The van der Waals surface area contributed by atoms with Crippen LogP contribution in [0.3, 0.4) is 0 Å². The summed E-state index contributed by atoms with van der Waals surface area (Å²) in [7, 11) is 0. The van der Waals surface area contributed by atoms with Crippen LogP contribution in [-0.2, 0) is 14.7 Å². The van der Waals surface area contributed by atoms with Crippen LogP contribution < -0.4 is 5.73 Å². The second kappa shape index (κ2) is 9.09. The van der Waals surface area contributed by atoms with Gasteiger partial charge in [-0.3, -0.25) is 14.6 Å². The molecule has 0 bridgehead atoms. The molecule has 1 aliphatic heterocycles. The predicted octanol–water partition coefficient (Wildman–Crippen LogP) is 3.16. The summed E-state index contributed by atoms with van der Waals surface area (Å²) in [6.07, 6.45) is 10.7. The molecule has 2 unspecified atom stereocenters. The fourth-order valence-corrected chi connectivity index (χ4v) is 5.88. The maximum atomic E-state index is 12.9. The first kappa shape index (κ1) is 21.8. The van der Waals surface area contributed by atoms with Gasteiger partial charge in [0.15, 0.2) is 0 Å². The fraction of sp³-hybridized carbons (Fsp3) is 0.520. The van der Waals surface area contributed by atoms with Gasteiger partial charge in [0.05, 0.1) is 18.3 Å². The molecule has 2 atom stereocenters. The molecule has 2 fully saturated rings. The van der Waals surface area contributed by atoms with Gasteiger partial charge in [-0.2, -0.15) is 0 Å². The van der Waals surface area contributed by atoms with E-state index in [9.17, 15) is 14.7 Å². The topological polar surface area (TPSA) is 125 Å². The number of hydrogen-bond donors (Lipinski definition) is 2. The van der Waals surface area contributed by atoms with Gasteiger partial charge in [0, 0.05) is 54.5 Å². The first-order valence-corrected chi connectivity index (χ1v) is 11.9. The van der Waals surface area contributed by atoms with E-state index in [-0.39, 0.29) is 18.4 Å². The van der Waals surface area contributed by atoms with Gasteiger partial charge in [-0.15, -0.1) is 0 Å². The normalized spacial score (nSPS) is 26.0. The lowest BCUT2D eigenvalue weighted by Crippen LogP contribution is -2.48. The number of hydrogen-bond acceptors (Lipinski definition) is 4. The molecule has 3 N–H and O–H groups in total. The van der Waals surface area contributed by atoms with Crippen LogP contribution in [0.2, 0.25) is 0 Å². The van der Waals surface area contributed by atoms with Crippen molar-refractivity contribution in [2.75, 3.05) is 19.7 Å². The third-order valence-corrected chi connectivity index (χ3v) is 7.74. The number of primary amides is 1. The van der Waals surface area contributed by atoms with Crippen LogP contribution in [0.4, 0.5) is 0 Å². The Balaban J connectivity index is 1.23. The van der Waals surface area contributed by atoms with Crippen LogP contribution >= 0.6 is 0 Å². The minimum Gasteiger partial charge on any atom is -0.369 e. The maximum absolute atomic E-state index is 12.9. The second-order valence-electron chi connectivity index (χ2n) is 9.64. The molecule has 0 spiro atoms. The van der Waals surface area contributed by atoms with Gasteiger partial charge >= 0.3 is 0 Å². The molecule has 2 amide bonds. The largest absolute Gasteiger partial charge is 0.369 e. The van der Waals surface area contributed by atoms with Crippen molar-refractivity contribution in [3.05, 3.63) is 36.3 Å². The zero-order valence-corrected chi connectivity index (χ0v) is 18.7. The van der Waals surface area contributed by atoms with Crippen molar-refractivity contribution in [3.8, 4) is 0 Å². The summed E-state index contributed by atoms with van der Waals surface area (Å²) in [6.45, 7) is 0.503. The Morgan fingerprint density at radius 2 is 1.94 bits per heavy atom. The highest BCUT2D eigenvalue weighted by Crippen LogP contribution is 2.41. The van der Waals surface area contributed by atoms with Gasteiger partial charge < -0.3 is 15.6 Å². The number of aromatic amines is 1. The van der Waals surface area contributed by atoms with Crippen LogP contribution in [0, 0.1) is 17.8 Å². The van der Waals surface area contributed by atoms with E-state index in [0.717, 1.165) is 42.2 Å². The number of nitrogens with two attached hydrogens (primary N) is 1. The summed E-state index contributed by atoms with van der Waals surface area (Å²) in [5.74, 6) is -0.282. The number of likely N-dealkylation sites (tertiary alicyclic amines) is 1. The molecule has 3 aromatic rings. The van der Waals surface area contributed by atoms with Crippen LogP contribution in [0.15, 0.2) is 30.7 Å². The molecular formula is C25H30N5O3. The summed E-state index contributed by atoms with van der Waals surface area (Å²) in [4.78, 5) is 38.5. The number of amides is 2. The summed E-state index contributed by atoms with van der Waals surface area (Å²) < 4.78 is 0. The van der Waals surface area contributed by atoms with Crippen molar-refractivity contribution in [2.24, 2.45) is 23.5 Å². The van der Waals surface area contributed by atoms with E-state index >= 15 is 0 Å². The quantitative estimate of drug-likeness (QED) is 0.622. The maximum Gasteiger partial charge on any atom is 0.222 e. The molecule has 1 saturated heterocycles. The van der Waals surface area contributed by atoms with E-state index in [1.165, 1.54) is 10.9 Å². The predicted molar refractivity (Wildman–Crippen MR) is 124 cm³/mol. The Morgan fingerprint density at radius 1 is 1.12 bits per heavy atom. The number of rotatable bonds is 5. The molecule has 1 radical (unpaired) electrons. The smallest absolute Gasteiger partial charge is 0.222 e. The molecule has 5 rings (SSSR count). The Bertz CT molecular complexity index is 1170. The summed E-state index contributed by atoms with van der Waals surface area (Å²) >= 11 is 0. The van der Waals surface area contributed by atoms with E-state index in [1.54, 1.807) is 4.90 Å². The van der Waals surface area contributed by atoms with Gasteiger partial charge in [0.25, 0.3) is 0 Å². The molecule has 1 aliphatic carbocycles. The number of H-pyrrole nitrogens is 1. The number of carbonyl (C=O) groups is 2. The van der Waals surface area contributed by atoms with E-state index in [2.05, 4.69) is 27.1 Å². The third-order valence-electron chi connectivity index (χ3n) is 7.74. The summed E-state index contributed by atoms with van der Waals surface area (Å²) in [5.41, 5.74) is 8.56. The van der Waals surface area contributed by atoms with Crippen molar-refractivity contribution in [1.82, 2.24) is 19.9 Å². The Morgan fingerprint density at radius 3 is 2.70 bits per heavy atom. The molecule has 33 heavy (non-hydrogen) atoms. The van der Waals surface area contributed by atoms with E-state index < -0.39 is 11.8 Å². The number of aromatic nitrogens is 3. The first-order valence-electron chi connectivity index (χ1n) is 11.9. The van der Waals surface area contributed by atoms with Crippen molar-refractivity contribution in [1.29, 1.82) is 0 Å². The molecule has 3 aromatic heterocycles. The van der Waals surface area contributed by atoms with Gasteiger partial charge in [-0.05, 0) is 61.6 Å². The Hall–Kier alpha value is -3.00. The van der Waals surface area contributed by atoms with Crippen molar-refractivity contribution < 1.29 is 14.7 Å². The average molecular weight is 449 g/mol. The molecule has 2 aliphatic rings. The monoisotopic (exact) mass is 448 g/mol. The Labute approximate surface area is 192 Å². The highest BCUT2D eigenvalue weighted by atomic mass is 16.3. The number of nitrogens with zero attached hydrogens (tertiary/aromatic N) is 3. The van der Waals surface area contributed by atoms with Crippen molar-refractivity contribution in [2.45, 2.75) is 44.4 Å². The summed E-state index contributed by atoms with van der Waals surface area (Å²) in [6, 6.07) is 4.20. The number of carbonyl (C=O) groups excluding carboxylic acids is 2. The first-order chi connectivity index (χ1) is 16.0. The molecule has 8 heteroatoms. The van der Waals surface area contributed by atoms with Gasteiger partial charge in [0.1, 0.15) is 5.65 Å². The zero-order chi connectivity index (χ0) is 22.9. The molecule has 1 saturated carbocycles. The average Bonchev–Trinajstić information content (AvgIpc) is 3.33. The number of fused-ring (bicyclic) bond motifs is 3.